The first-order chi connectivity index (χ1) is 16.5. The van der Waals surface area contributed by atoms with E-state index in [9.17, 15) is 29.1 Å². The molecule has 1 aliphatic rings. The van der Waals surface area contributed by atoms with Crippen molar-refractivity contribution >= 4 is 29.6 Å². The van der Waals surface area contributed by atoms with E-state index < -0.39 is 54.3 Å². The number of carbonyl (C=O) groups is 5. The summed E-state index contributed by atoms with van der Waals surface area (Å²) in [4.78, 5) is 63.4. The number of rotatable bonds is 12. The fourth-order valence-corrected chi connectivity index (χ4v) is 4.09. The predicted molar refractivity (Wildman–Crippen MR) is 128 cm³/mol. The molecule has 11 nitrogen and oxygen atoms in total. The van der Waals surface area contributed by atoms with Crippen LogP contribution >= 0.6 is 0 Å². The number of primary amides is 1. The normalized spacial score (nSPS) is 18.7. The third-order valence-corrected chi connectivity index (χ3v) is 6.27. The van der Waals surface area contributed by atoms with Crippen LogP contribution in [0, 0.1) is 5.92 Å². The van der Waals surface area contributed by atoms with Gasteiger partial charge in [-0.05, 0) is 30.7 Å². The van der Waals surface area contributed by atoms with Crippen LogP contribution < -0.4 is 22.1 Å². The van der Waals surface area contributed by atoms with Gasteiger partial charge in [-0.1, -0.05) is 50.6 Å². The molecule has 1 aromatic carbocycles. The van der Waals surface area contributed by atoms with Crippen molar-refractivity contribution in [2.24, 2.45) is 17.4 Å². The summed E-state index contributed by atoms with van der Waals surface area (Å²) in [5.74, 6) is -4.29. The number of amides is 4. The molecule has 11 heteroatoms. The van der Waals surface area contributed by atoms with E-state index in [1.807, 2.05) is 30.3 Å². The molecule has 5 unspecified atom stereocenters. The predicted octanol–water partition coefficient (Wildman–Crippen LogP) is -0.477. The summed E-state index contributed by atoms with van der Waals surface area (Å²) in [6.45, 7) is 3.78. The molecule has 7 N–H and O–H groups in total. The van der Waals surface area contributed by atoms with Gasteiger partial charge in [0.2, 0.25) is 23.6 Å². The third-order valence-electron chi connectivity index (χ3n) is 6.27. The lowest BCUT2D eigenvalue weighted by molar-refractivity contribution is -0.144. The van der Waals surface area contributed by atoms with E-state index in [4.69, 9.17) is 11.5 Å². The van der Waals surface area contributed by atoms with Crippen molar-refractivity contribution in [3.05, 3.63) is 35.9 Å². The second-order valence-corrected chi connectivity index (χ2v) is 8.93. The van der Waals surface area contributed by atoms with Crippen LogP contribution in [-0.2, 0) is 30.4 Å². The minimum absolute atomic E-state index is 0.309. The first-order valence-corrected chi connectivity index (χ1v) is 11.8. The maximum Gasteiger partial charge on any atom is 0.326 e. The first kappa shape index (κ1) is 27.8. The molecular formula is C24H35N5O6. The Kier molecular flexibility index (Phi) is 10.2. The van der Waals surface area contributed by atoms with Crippen LogP contribution in [0.5, 0.6) is 0 Å². The number of carboxylic acids is 1. The van der Waals surface area contributed by atoms with Gasteiger partial charge in [0, 0.05) is 6.54 Å². The van der Waals surface area contributed by atoms with Gasteiger partial charge >= 0.3 is 5.97 Å². The Bertz CT molecular complexity index is 924. The molecule has 0 saturated carbocycles. The van der Waals surface area contributed by atoms with Crippen molar-refractivity contribution in [3.8, 4) is 0 Å². The van der Waals surface area contributed by atoms with E-state index in [0.717, 1.165) is 5.56 Å². The topological polar surface area (TPSA) is 185 Å². The maximum absolute atomic E-state index is 13.1. The standard InChI is InChI=1S/C24H35N5O6/c1-3-14(2)20(24(34)35)28-21(31)17(13-19(26)30)27-22(32)18-10-7-11-29(18)23(33)16(25)12-15-8-5-4-6-9-15/h4-6,8-9,14,16-18,20H,3,7,10-13,25H2,1-2H3,(H2,26,30)(H,27,32)(H,28,31)(H,34,35). The van der Waals surface area contributed by atoms with Crippen LogP contribution in [0.2, 0.25) is 0 Å². The van der Waals surface area contributed by atoms with Crippen LogP contribution in [0.25, 0.3) is 0 Å². The molecule has 2 rings (SSSR count). The molecule has 1 fully saturated rings. The van der Waals surface area contributed by atoms with Crippen molar-refractivity contribution < 1.29 is 29.1 Å². The molecule has 1 saturated heterocycles. The Morgan fingerprint density at radius 2 is 1.80 bits per heavy atom. The van der Waals surface area contributed by atoms with Crippen LogP contribution in [0.4, 0.5) is 0 Å². The van der Waals surface area contributed by atoms with E-state index in [0.29, 0.717) is 32.2 Å². The lowest BCUT2D eigenvalue weighted by atomic mass is 9.98. The number of hydrogen-bond donors (Lipinski definition) is 5. The number of benzene rings is 1. The van der Waals surface area contributed by atoms with Gasteiger partial charge in [-0.3, -0.25) is 19.2 Å². The van der Waals surface area contributed by atoms with Gasteiger partial charge in [-0.25, -0.2) is 4.79 Å². The molecule has 1 aliphatic heterocycles. The fourth-order valence-electron chi connectivity index (χ4n) is 4.09. The highest BCUT2D eigenvalue weighted by atomic mass is 16.4. The number of aliphatic carboxylic acids is 1. The lowest BCUT2D eigenvalue weighted by Crippen LogP contribution is -2.58. The maximum atomic E-state index is 13.1. The van der Waals surface area contributed by atoms with Crippen molar-refractivity contribution in [1.82, 2.24) is 15.5 Å². The summed E-state index contributed by atoms with van der Waals surface area (Å²) in [6, 6.07) is 4.99. The smallest absolute Gasteiger partial charge is 0.326 e. The van der Waals surface area contributed by atoms with Gasteiger partial charge in [0.25, 0.3) is 0 Å². The average molecular weight is 490 g/mol. The number of nitrogens with one attached hydrogen (secondary N) is 2. The number of nitrogens with two attached hydrogens (primary N) is 2. The van der Waals surface area contributed by atoms with Crippen LogP contribution in [0.1, 0.15) is 45.1 Å². The molecule has 0 bridgehead atoms. The Morgan fingerprint density at radius 3 is 2.37 bits per heavy atom. The van der Waals surface area contributed by atoms with Crippen molar-refractivity contribution in [3.63, 3.8) is 0 Å². The first-order valence-electron chi connectivity index (χ1n) is 11.8. The zero-order valence-electron chi connectivity index (χ0n) is 20.1. The van der Waals surface area contributed by atoms with Gasteiger partial charge in [-0.2, -0.15) is 0 Å². The molecule has 0 radical (unpaired) electrons. The van der Waals surface area contributed by atoms with Gasteiger partial charge in [0.1, 0.15) is 18.1 Å². The minimum Gasteiger partial charge on any atom is -0.480 e. The molecule has 0 spiro atoms. The molecule has 1 heterocycles. The van der Waals surface area contributed by atoms with Gasteiger partial charge < -0.3 is 32.1 Å². The second-order valence-electron chi connectivity index (χ2n) is 8.93. The summed E-state index contributed by atoms with van der Waals surface area (Å²) in [7, 11) is 0. The molecule has 4 amide bonds. The summed E-state index contributed by atoms with van der Waals surface area (Å²) >= 11 is 0. The largest absolute Gasteiger partial charge is 0.480 e. The number of carboxylic acid groups (broad SMARTS) is 1. The van der Waals surface area contributed by atoms with Gasteiger partial charge in [-0.15, -0.1) is 0 Å². The van der Waals surface area contributed by atoms with Crippen molar-refractivity contribution in [2.75, 3.05) is 6.54 Å². The quantitative estimate of drug-likeness (QED) is 0.262. The molecule has 192 valence electrons. The van der Waals surface area contributed by atoms with E-state index in [1.165, 1.54) is 4.90 Å². The van der Waals surface area contributed by atoms with E-state index in [1.54, 1.807) is 13.8 Å². The fraction of sp³-hybridized carbons (Fsp3) is 0.542. The molecule has 0 aliphatic carbocycles. The van der Waals surface area contributed by atoms with Gasteiger partial charge in [0.05, 0.1) is 12.5 Å². The zero-order chi connectivity index (χ0) is 26.1. The summed E-state index contributed by atoms with van der Waals surface area (Å²) in [5, 5.41) is 14.3. The highest BCUT2D eigenvalue weighted by Gasteiger charge is 2.38. The monoisotopic (exact) mass is 489 g/mol. The Labute approximate surface area is 204 Å². The Hall–Kier alpha value is -3.47. The molecular weight excluding hydrogens is 454 g/mol. The van der Waals surface area contributed by atoms with E-state index in [-0.39, 0.29) is 11.8 Å². The lowest BCUT2D eigenvalue weighted by Gasteiger charge is -2.29. The van der Waals surface area contributed by atoms with Crippen LogP contribution in [0.15, 0.2) is 30.3 Å². The number of carbonyl (C=O) groups excluding carboxylic acids is 4. The molecule has 5 atom stereocenters. The SMILES string of the molecule is CCC(C)C(NC(=O)C(CC(N)=O)NC(=O)C1CCCN1C(=O)C(N)Cc1ccccc1)C(=O)O. The van der Waals surface area contributed by atoms with Gasteiger partial charge in [0.15, 0.2) is 0 Å². The average Bonchev–Trinajstić information content (AvgIpc) is 3.31. The molecule has 1 aromatic rings. The number of likely N-dealkylation sites (tertiary alicyclic amines) is 1. The molecule has 35 heavy (non-hydrogen) atoms. The number of hydrogen-bond acceptors (Lipinski definition) is 6. The second kappa shape index (κ2) is 12.8. The third kappa shape index (κ3) is 7.78. The summed E-state index contributed by atoms with van der Waals surface area (Å²) in [6.07, 6.45) is 1.23. The minimum atomic E-state index is -1.37. The number of nitrogens with zero attached hydrogens (tertiary/aromatic N) is 1. The summed E-state index contributed by atoms with van der Waals surface area (Å²) < 4.78 is 0. The van der Waals surface area contributed by atoms with Crippen LogP contribution in [-0.4, -0.2) is 70.3 Å². The van der Waals surface area contributed by atoms with E-state index in [2.05, 4.69) is 10.6 Å². The van der Waals surface area contributed by atoms with Crippen LogP contribution in [0.3, 0.4) is 0 Å². The summed E-state index contributed by atoms with van der Waals surface area (Å²) in [5.41, 5.74) is 12.3. The Balaban J connectivity index is 2.10. The molecule has 0 aromatic heterocycles. The highest BCUT2D eigenvalue weighted by Crippen LogP contribution is 2.20. The Morgan fingerprint density at radius 1 is 1.14 bits per heavy atom. The zero-order valence-corrected chi connectivity index (χ0v) is 20.1. The highest BCUT2D eigenvalue weighted by molar-refractivity contribution is 5.96. The van der Waals surface area contributed by atoms with Crippen molar-refractivity contribution in [2.45, 2.75) is 70.1 Å². The van der Waals surface area contributed by atoms with Crippen molar-refractivity contribution in [1.29, 1.82) is 0 Å². The van der Waals surface area contributed by atoms with E-state index >= 15 is 0 Å².